The molecule has 0 radical (unpaired) electrons. The predicted octanol–water partition coefficient (Wildman–Crippen LogP) is 1.23. The van der Waals surface area contributed by atoms with E-state index in [2.05, 4.69) is 25.9 Å². The molecule has 0 aliphatic heterocycles. The minimum Gasteiger partial charge on any atom is -0.382 e. The summed E-state index contributed by atoms with van der Waals surface area (Å²) in [5.74, 6) is -0.359. The first-order valence-corrected chi connectivity index (χ1v) is 3.81. The molecule has 0 unspecified atom stereocenters. The highest BCUT2D eigenvalue weighted by molar-refractivity contribution is 9.10. The fraction of sp³-hybridized carbons (Fsp3) is 0. The van der Waals surface area contributed by atoms with Crippen LogP contribution in [0.1, 0.15) is 5.69 Å². The monoisotopic (exact) mass is 232 g/mol. The van der Waals surface area contributed by atoms with Crippen molar-refractivity contribution >= 4 is 28.1 Å². The molecule has 0 aliphatic rings. The van der Waals surface area contributed by atoms with Crippen molar-refractivity contribution in [2.24, 2.45) is 10.7 Å². The molecule has 12 heavy (non-hydrogen) atoms. The maximum Gasteiger partial charge on any atom is 0.156 e. The Kier molecular flexibility index (Phi) is 2.59. The molecule has 0 bridgehead atoms. The van der Waals surface area contributed by atoms with Gasteiger partial charge < -0.3 is 10.7 Å². The fourth-order valence-corrected chi connectivity index (χ4v) is 1.01. The Hall–Kier alpha value is -1.17. The molecule has 0 atom stereocenters. The highest BCUT2D eigenvalue weighted by Gasteiger charge is 2.06. The third-order valence-electron chi connectivity index (χ3n) is 1.20. The molecule has 1 aromatic rings. The minimum absolute atomic E-state index is 0.0783. The number of H-pyrrole nitrogens is 1. The highest BCUT2D eigenvalue weighted by Crippen LogP contribution is 2.14. The van der Waals surface area contributed by atoms with Gasteiger partial charge in [-0.3, -0.25) is 5.41 Å². The molecule has 4 nitrogen and oxygen atoms in total. The van der Waals surface area contributed by atoms with Crippen LogP contribution in [0.3, 0.4) is 0 Å². The van der Waals surface area contributed by atoms with Crippen molar-refractivity contribution in [2.75, 3.05) is 0 Å². The maximum atomic E-state index is 12.7. The van der Waals surface area contributed by atoms with E-state index in [1.165, 1.54) is 6.07 Å². The summed E-state index contributed by atoms with van der Waals surface area (Å²) in [6.07, 6.45) is 0.794. The van der Waals surface area contributed by atoms with Gasteiger partial charge in [0.05, 0.1) is 5.69 Å². The fourth-order valence-electron chi connectivity index (χ4n) is 0.681. The van der Waals surface area contributed by atoms with Crippen molar-refractivity contribution in [2.45, 2.75) is 0 Å². The van der Waals surface area contributed by atoms with E-state index in [0.717, 1.165) is 6.34 Å². The SMILES string of the molecule is N=CN=C(N)c1cc(F)c(Br)[nH]1. The van der Waals surface area contributed by atoms with Crippen molar-refractivity contribution < 1.29 is 4.39 Å². The average molecular weight is 233 g/mol. The minimum atomic E-state index is -0.437. The zero-order valence-corrected chi connectivity index (χ0v) is 7.52. The largest absolute Gasteiger partial charge is 0.382 e. The van der Waals surface area contributed by atoms with Crippen molar-refractivity contribution in [3.63, 3.8) is 0 Å². The number of nitrogens with one attached hydrogen (secondary N) is 2. The summed E-state index contributed by atoms with van der Waals surface area (Å²) in [6, 6.07) is 1.20. The molecule has 1 heterocycles. The first-order chi connectivity index (χ1) is 5.65. The van der Waals surface area contributed by atoms with E-state index in [1.807, 2.05) is 0 Å². The molecule has 0 saturated carbocycles. The zero-order valence-electron chi connectivity index (χ0n) is 5.94. The molecular weight excluding hydrogens is 227 g/mol. The van der Waals surface area contributed by atoms with Crippen LogP contribution in [0.2, 0.25) is 0 Å². The van der Waals surface area contributed by atoms with Gasteiger partial charge in [0.2, 0.25) is 0 Å². The lowest BCUT2D eigenvalue weighted by Crippen LogP contribution is -2.13. The van der Waals surface area contributed by atoms with Crippen molar-refractivity contribution in [1.29, 1.82) is 5.41 Å². The number of hydrogen-bond acceptors (Lipinski definition) is 1. The van der Waals surface area contributed by atoms with Crippen LogP contribution in [0.15, 0.2) is 15.7 Å². The Morgan fingerprint density at radius 2 is 2.50 bits per heavy atom. The molecule has 1 rings (SSSR count). The molecule has 6 heteroatoms. The van der Waals surface area contributed by atoms with Crippen molar-refractivity contribution in [1.82, 2.24) is 4.98 Å². The van der Waals surface area contributed by atoms with E-state index in [4.69, 9.17) is 11.1 Å². The van der Waals surface area contributed by atoms with Gasteiger partial charge in [0.1, 0.15) is 16.8 Å². The van der Waals surface area contributed by atoms with Gasteiger partial charge in [-0.2, -0.15) is 0 Å². The first-order valence-electron chi connectivity index (χ1n) is 3.01. The third-order valence-corrected chi connectivity index (χ3v) is 1.78. The van der Waals surface area contributed by atoms with Crippen LogP contribution >= 0.6 is 15.9 Å². The molecule has 1 aromatic heterocycles. The first kappa shape index (κ1) is 8.92. The standard InChI is InChI=1S/C6H6BrFN4/c7-5-3(8)1-4(12-5)6(10)11-2-9/h1-2,12H,(H3,9,10,11). The normalized spacial score (nSPS) is 11.7. The lowest BCUT2D eigenvalue weighted by molar-refractivity contribution is 0.622. The van der Waals surface area contributed by atoms with Crippen LogP contribution < -0.4 is 5.73 Å². The van der Waals surface area contributed by atoms with E-state index in [-0.39, 0.29) is 10.4 Å². The quantitative estimate of drug-likeness (QED) is 0.521. The molecular formula is C6H6BrFN4. The number of aromatic amines is 1. The second-order valence-electron chi connectivity index (χ2n) is 1.99. The van der Waals surface area contributed by atoms with Crippen LogP contribution in [0.25, 0.3) is 0 Å². The summed E-state index contributed by atoms with van der Waals surface area (Å²) >= 11 is 2.94. The summed E-state index contributed by atoms with van der Waals surface area (Å²) in [6.45, 7) is 0. The highest BCUT2D eigenvalue weighted by atomic mass is 79.9. The van der Waals surface area contributed by atoms with E-state index in [1.54, 1.807) is 0 Å². The number of aromatic nitrogens is 1. The van der Waals surface area contributed by atoms with Crippen LogP contribution in [-0.4, -0.2) is 17.2 Å². The van der Waals surface area contributed by atoms with Crippen molar-refractivity contribution in [3.05, 3.63) is 22.2 Å². The van der Waals surface area contributed by atoms with Gasteiger partial charge in [-0.05, 0) is 15.9 Å². The van der Waals surface area contributed by atoms with Crippen LogP contribution in [0.5, 0.6) is 0 Å². The Morgan fingerprint density at radius 1 is 1.83 bits per heavy atom. The van der Waals surface area contributed by atoms with Crippen LogP contribution in [-0.2, 0) is 0 Å². The van der Waals surface area contributed by atoms with E-state index < -0.39 is 5.82 Å². The number of hydrogen-bond donors (Lipinski definition) is 3. The number of aliphatic imine (C=N–C) groups is 1. The Balaban J connectivity index is 3.04. The zero-order chi connectivity index (χ0) is 9.14. The molecule has 64 valence electrons. The van der Waals surface area contributed by atoms with Crippen molar-refractivity contribution in [3.8, 4) is 0 Å². The molecule has 0 aromatic carbocycles. The molecule has 0 saturated heterocycles. The maximum absolute atomic E-state index is 12.7. The smallest absolute Gasteiger partial charge is 0.156 e. The van der Waals surface area contributed by atoms with Gasteiger partial charge in [-0.25, -0.2) is 9.38 Å². The van der Waals surface area contributed by atoms with Gasteiger partial charge in [-0.1, -0.05) is 0 Å². The lowest BCUT2D eigenvalue weighted by Gasteiger charge is -1.91. The van der Waals surface area contributed by atoms with E-state index in [9.17, 15) is 4.39 Å². The summed E-state index contributed by atoms with van der Waals surface area (Å²) in [5, 5.41) is 6.63. The Morgan fingerprint density at radius 3 is 2.92 bits per heavy atom. The van der Waals surface area contributed by atoms with Gasteiger partial charge in [0, 0.05) is 6.07 Å². The van der Waals surface area contributed by atoms with Crippen LogP contribution in [0, 0.1) is 11.2 Å². The molecule has 0 spiro atoms. The molecule has 0 amide bonds. The van der Waals surface area contributed by atoms with Gasteiger partial charge in [-0.15, -0.1) is 0 Å². The summed E-state index contributed by atoms with van der Waals surface area (Å²) in [7, 11) is 0. The summed E-state index contributed by atoms with van der Waals surface area (Å²) in [4.78, 5) is 6.08. The van der Waals surface area contributed by atoms with Gasteiger partial charge in [0.25, 0.3) is 0 Å². The lowest BCUT2D eigenvalue weighted by atomic mass is 10.4. The molecule has 0 aliphatic carbocycles. The third kappa shape index (κ3) is 1.70. The molecule has 0 fully saturated rings. The topological polar surface area (TPSA) is 78.0 Å². The van der Waals surface area contributed by atoms with E-state index >= 15 is 0 Å². The van der Waals surface area contributed by atoms with Crippen LogP contribution in [0.4, 0.5) is 4.39 Å². The van der Waals surface area contributed by atoms with E-state index in [0.29, 0.717) is 5.69 Å². The second kappa shape index (κ2) is 3.48. The van der Waals surface area contributed by atoms with Gasteiger partial charge in [0.15, 0.2) is 5.82 Å². The average Bonchev–Trinajstić information content (AvgIpc) is 2.33. The predicted molar refractivity (Wildman–Crippen MR) is 48.0 cm³/mol. The number of rotatable bonds is 2. The Labute approximate surface area is 76.3 Å². The summed E-state index contributed by atoms with van der Waals surface area (Å²) in [5.41, 5.74) is 5.72. The molecule has 4 N–H and O–H groups in total. The second-order valence-corrected chi connectivity index (χ2v) is 2.78. The number of nitrogens with zero attached hydrogens (tertiary/aromatic N) is 1. The number of nitrogens with two attached hydrogens (primary N) is 1. The Bertz CT molecular complexity index is 311. The summed E-state index contributed by atoms with van der Waals surface area (Å²) < 4.78 is 12.9. The van der Waals surface area contributed by atoms with Gasteiger partial charge >= 0.3 is 0 Å². The number of amidine groups is 1. The number of halogens is 2.